The molecule has 0 saturated carbocycles. The average molecular weight is 326 g/mol. The van der Waals surface area contributed by atoms with Crippen LogP contribution in [0.4, 0.5) is 0 Å². The summed E-state index contributed by atoms with van der Waals surface area (Å²) in [5.74, 6) is 0.327. The SMILES string of the molecule is CCC(C)C(c1ccccc1)(c1ccc(Cl)cc1)n1cncn1. The van der Waals surface area contributed by atoms with E-state index in [0.717, 1.165) is 17.0 Å². The first-order chi connectivity index (χ1) is 11.2. The van der Waals surface area contributed by atoms with Crippen molar-refractivity contribution >= 4 is 11.6 Å². The Morgan fingerprint density at radius 3 is 2.26 bits per heavy atom. The van der Waals surface area contributed by atoms with E-state index in [9.17, 15) is 0 Å². The molecule has 23 heavy (non-hydrogen) atoms. The summed E-state index contributed by atoms with van der Waals surface area (Å²) in [7, 11) is 0. The Labute approximate surface area is 142 Å². The van der Waals surface area contributed by atoms with Gasteiger partial charge in [-0.25, -0.2) is 9.67 Å². The lowest BCUT2D eigenvalue weighted by Gasteiger charge is -2.40. The highest BCUT2D eigenvalue weighted by Gasteiger charge is 2.41. The molecule has 0 amide bonds. The molecule has 0 fully saturated rings. The summed E-state index contributed by atoms with van der Waals surface area (Å²) in [6, 6.07) is 18.5. The van der Waals surface area contributed by atoms with E-state index in [4.69, 9.17) is 11.6 Å². The molecule has 2 unspecified atom stereocenters. The van der Waals surface area contributed by atoms with Crippen LogP contribution in [0, 0.1) is 5.92 Å². The quantitative estimate of drug-likeness (QED) is 0.676. The van der Waals surface area contributed by atoms with Crippen molar-refractivity contribution in [2.75, 3.05) is 0 Å². The van der Waals surface area contributed by atoms with Crippen LogP contribution in [0.15, 0.2) is 67.3 Å². The molecule has 2 atom stereocenters. The fourth-order valence-corrected chi connectivity index (χ4v) is 3.43. The smallest absolute Gasteiger partial charge is 0.137 e. The summed E-state index contributed by atoms with van der Waals surface area (Å²) in [4.78, 5) is 4.20. The molecular weight excluding hydrogens is 306 g/mol. The minimum absolute atomic E-state index is 0.327. The van der Waals surface area contributed by atoms with Gasteiger partial charge in [0.25, 0.3) is 0 Å². The third-order valence-corrected chi connectivity index (χ3v) is 4.86. The van der Waals surface area contributed by atoms with Gasteiger partial charge < -0.3 is 0 Å². The Bertz CT molecular complexity index is 738. The highest BCUT2D eigenvalue weighted by atomic mass is 35.5. The van der Waals surface area contributed by atoms with Gasteiger partial charge in [-0.1, -0.05) is 74.3 Å². The highest BCUT2D eigenvalue weighted by Crippen LogP contribution is 2.41. The zero-order chi connectivity index (χ0) is 16.3. The largest absolute Gasteiger partial charge is 0.238 e. The number of nitrogens with zero attached hydrogens (tertiary/aromatic N) is 3. The van der Waals surface area contributed by atoms with Crippen LogP contribution in [0.3, 0.4) is 0 Å². The first-order valence-corrected chi connectivity index (χ1v) is 8.24. The first kappa shape index (κ1) is 15.8. The second kappa shape index (κ2) is 6.55. The number of aromatic nitrogens is 3. The molecule has 3 rings (SSSR count). The van der Waals surface area contributed by atoms with E-state index in [2.05, 4.69) is 60.3 Å². The van der Waals surface area contributed by atoms with Crippen LogP contribution in [0.1, 0.15) is 31.4 Å². The van der Waals surface area contributed by atoms with E-state index in [1.54, 1.807) is 12.7 Å². The van der Waals surface area contributed by atoms with Crippen molar-refractivity contribution in [1.29, 1.82) is 0 Å². The maximum Gasteiger partial charge on any atom is 0.137 e. The molecule has 0 aliphatic heterocycles. The van der Waals surface area contributed by atoms with Gasteiger partial charge in [0.2, 0.25) is 0 Å². The van der Waals surface area contributed by atoms with Crippen LogP contribution in [0.25, 0.3) is 0 Å². The van der Waals surface area contributed by atoms with Crippen LogP contribution >= 0.6 is 11.6 Å². The van der Waals surface area contributed by atoms with Crippen molar-refractivity contribution in [3.63, 3.8) is 0 Å². The Morgan fingerprint density at radius 1 is 1.04 bits per heavy atom. The summed E-state index contributed by atoms with van der Waals surface area (Å²) in [5.41, 5.74) is 1.95. The van der Waals surface area contributed by atoms with E-state index in [1.807, 2.05) is 22.9 Å². The predicted octanol–water partition coefficient (Wildman–Crippen LogP) is 4.77. The van der Waals surface area contributed by atoms with E-state index >= 15 is 0 Å². The number of hydrogen-bond donors (Lipinski definition) is 0. The van der Waals surface area contributed by atoms with Gasteiger partial charge in [0.15, 0.2) is 0 Å². The molecule has 1 aromatic heterocycles. The fraction of sp³-hybridized carbons (Fsp3) is 0.263. The van der Waals surface area contributed by atoms with E-state index in [1.165, 1.54) is 5.56 Å². The van der Waals surface area contributed by atoms with Gasteiger partial charge in [0, 0.05) is 5.02 Å². The number of benzene rings is 2. The third-order valence-electron chi connectivity index (χ3n) is 4.60. The lowest BCUT2D eigenvalue weighted by atomic mass is 9.72. The van der Waals surface area contributed by atoms with Gasteiger partial charge in [0.05, 0.1) is 0 Å². The Hall–Kier alpha value is -2.13. The average Bonchev–Trinajstić information content (AvgIpc) is 3.12. The molecule has 3 nitrogen and oxygen atoms in total. The summed E-state index contributed by atoms with van der Waals surface area (Å²) >= 11 is 6.11. The molecule has 0 bridgehead atoms. The summed E-state index contributed by atoms with van der Waals surface area (Å²) < 4.78 is 1.97. The molecule has 2 aromatic carbocycles. The minimum atomic E-state index is -0.406. The van der Waals surface area contributed by atoms with Crippen molar-refractivity contribution in [2.45, 2.75) is 25.8 Å². The summed E-state index contributed by atoms with van der Waals surface area (Å²) in [5, 5.41) is 5.24. The molecule has 4 heteroatoms. The maximum absolute atomic E-state index is 6.11. The Morgan fingerprint density at radius 2 is 1.70 bits per heavy atom. The van der Waals surface area contributed by atoms with Crippen LogP contribution in [0.5, 0.6) is 0 Å². The van der Waals surface area contributed by atoms with Gasteiger partial charge in [-0.05, 0) is 29.2 Å². The second-order valence-corrected chi connectivity index (χ2v) is 6.23. The van der Waals surface area contributed by atoms with E-state index < -0.39 is 5.54 Å². The lowest BCUT2D eigenvalue weighted by Crippen LogP contribution is -2.42. The van der Waals surface area contributed by atoms with Gasteiger partial charge in [-0.3, -0.25) is 0 Å². The molecule has 0 saturated heterocycles. The molecule has 0 radical (unpaired) electrons. The fourth-order valence-electron chi connectivity index (χ4n) is 3.31. The highest BCUT2D eigenvalue weighted by molar-refractivity contribution is 6.30. The first-order valence-electron chi connectivity index (χ1n) is 7.86. The van der Waals surface area contributed by atoms with Crippen molar-refractivity contribution in [2.24, 2.45) is 5.92 Å². The van der Waals surface area contributed by atoms with Gasteiger partial charge >= 0.3 is 0 Å². The molecule has 0 spiro atoms. The molecule has 0 aliphatic carbocycles. The topological polar surface area (TPSA) is 30.7 Å². The second-order valence-electron chi connectivity index (χ2n) is 5.79. The standard InChI is InChI=1S/C19H20ClN3/c1-3-15(2)19(23-14-21-13-22-23,16-7-5-4-6-8-16)17-9-11-18(20)12-10-17/h4-15H,3H2,1-2H3. The van der Waals surface area contributed by atoms with Crippen LogP contribution < -0.4 is 0 Å². The van der Waals surface area contributed by atoms with Gasteiger partial charge in [-0.2, -0.15) is 5.10 Å². The number of halogens is 1. The van der Waals surface area contributed by atoms with E-state index in [0.29, 0.717) is 5.92 Å². The van der Waals surface area contributed by atoms with Crippen molar-refractivity contribution in [1.82, 2.24) is 14.8 Å². The molecule has 0 N–H and O–H groups in total. The lowest BCUT2D eigenvalue weighted by molar-refractivity contribution is 0.259. The van der Waals surface area contributed by atoms with Crippen molar-refractivity contribution < 1.29 is 0 Å². The molecule has 3 aromatic rings. The molecule has 0 aliphatic rings. The van der Waals surface area contributed by atoms with Crippen molar-refractivity contribution in [3.05, 3.63) is 83.4 Å². The molecule has 118 valence electrons. The molecule has 1 heterocycles. The normalized spacial score (nSPS) is 15.1. The summed E-state index contributed by atoms with van der Waals surface area (Å²) in [6.45, 7) is 4.46. The minimum Gasteiger partial charge on any atom is -0.238 e. The van der Waals surface area contributed by atoms with E-state index in [-0.39, 0.29) is 0 Å². The Kier molecular flexibility index (Phi) is 4.49. The number of hydrogen-bond acceptors (Lipinski definition) is 2. The maximum atomic E-state index is 6.11. The van der Waals surface area contributed by atoms with Crippen LogP contribution in [0.2, 0.25) is 5.02 Å². The van der Waals surface area contributed by atoms with Gasteiger partial charge in [0.1, 0.15) is 18.2 Å². The van der Waals surface area contributed by atoms with Crippen LogP contribution in [-0.2, 0) is 5.54 Å². The van der Waals surface area contributed by atoms with Crippen molar-refractivity contribution in [3.8, 4) is 0 Å². The zero-order valence-electron chi connectivity index (χ0n) is 13.4. The number of rotatable bonds is 5. The zero-order valence-corrected chi connectivity index (χ0v) is 14.1. The predicted molar refractivity (Wildman–Crippen MR) is 93.5 cm³/mol. The Balaban J connectivity index is 2.33. The molecular formula is C19H20ClN3. The summed E-state index contributed by atoms with van der Waals surface area (Å²) in [6.07, 6.45) is 4.40. The monoisotopic (exact) mass is 325 g/mol. The van der Waals surface area contributed by atoms with Crippen LogP contribution in [-0.4, -0.2) is 14.8 Å². The third kappa shape index (κ3) is 2.66. The van der Waals surface area contributed by atoms with Gasteiger partial charge in [-0.15, -0.1) is 0 Å².